The molecule has 10 nitrogen and oxygen atoms in total. The van der Waals surface area contributed by atoms with Crippen molar-refractivity contribution in [2.75, 3.05) is 6.61 Å². The van der Waals surface area contributed by atoms with Crippen molar-refractivity contribution in [3.63, 3.8) is 0 Å². The van der Waals surface area contributed by atoms with Gasteiger partial charge in [0.1, 0.15) is 23.9 Å². The Morgan fingerprint density at radius 1 is 1.05 bits per heavy atom. The van der Waals surface area contributed by atoms with Gasteiger partial charge in [0.2, 0.25) is 0 Å². The minimum absolute atomic E-state index is 0.0270. The van der Waals surface area contributed by atoms with Crippen molar-refractivity contribution in [3.8, 4) is 0 Å². The van der Waals surface area contributed by atoms with Crippen molar-refractivity contribution >= 4 is 17.7 Å². The third kappa shape index (κ3) is 3.54. The minimum atomic E-state index is -1.99. The smallest absolute Gasteiger partial charge is 0.338 e. The van der Waals surface area contributed by atoms with E-state index in [-0.39, 0.29) is 31.4 Å². The van der Waals surface area contributed by atoms with Crippen LogP contribution in [0, 0.1) is 22.7 Å². The second kappa shape index (κ2) is 8.82. The van der Waals surface area contributed by atoms with Gasteiger partial charge in [0.15, 0.2) is 11.4 Å². The summed E-state index contributed by atoms with van der Waals surface area (Å²) < 4.78 is 17.7. The predicted molar refractivity (Wildman–Crippen MR) is 131 cm³/mol. The van der Waals surface area contributed by atoms with Gasteiger partial charge in [0.05, 0.1) is 35.7 Å². The Morgan fingerprint density at radius 3 is 2.29 bits per heavy atom. The Balaban J connectivity index is 1.77. The highest BCUT2D eigenvalue weighted by molar-refractivity contribution is 5.92. The highest BCUT2D eigenvalue weighted by Gasteiger charge is 2.78. The molecular weight excluding hydrogens is 496 g/mol. The number of fused-ring (bicyclic) bond motifs is 5. The molecule has 1 unspecified atom stereocenters. The molecule has 0 spiro atoms. The molecule has 208 valence electrons. The lowest BCUT2D eigenvalue weighted by atomic mass is 9.43. The van der Waals surface area contributed by atoms with Gasteiger partial charge in [-0.15, -0.1) is 0 Å². The highest BCUT2D eigenvalue weighted by Crippen LogP contribution is 2.64. The molecule has 4 fully saturated rings. The molecule has 1 aliphatic heterocycles. The summed E-state index contributed by atoms with van der Waals surface area (Å²) in [6.45, 7) is 5.84. The van der Waals surface area contributed by atoms with Crippen LogP contribution in [-0.4, -0.2) is 86.5 Å². The molecule has 0 aromatic heterocycles. The SMILES string of the molecule is CC(=O)O[C@@]12CO[C@@H]1C[C@H](O)[C@@]1(C)C(=O)[C@H](O)C3C[C@@H](O)C[C@@](O)([C@@H](OC(=O)c4ccccc4)[C@H]21)C3(C)C. The Morgan fingerprint density at radius 2 is 1.71 bits per heavy atom. The lowest BCUT2D eigenvalue weighted by Gasteiger charge is -2.68. The minimum Gasteiger partial charge on any atom is -0.455 e. The number of aliphatic hydroxyl groups is 4. The molecule has 1 saturated heterocycles. The van der Waals surface area contributed by atoms with E-state index in [1.54, 1.807) is 44.2 Å². The topological polar surface area (TPSA) is 160 Å². The van der Waals surface area contributed by atoms with Crippen LogP contribution in [0.4, 0.5) is 0 Å². The maximum atomic E-state index is 14.2. The molecule has 2 bridgehead atoms. The molecule has 3 aliphatic carbocycles. The van der Waals surface area contributed by atoms with E-state index < -0.39 is 82.1 Å². The Kier molecular flexibility index (Phi) is 6.32. The van der Waals surface area contributed by atoms with E-state index >= 15 is 0 Å². The van der Waals surface area contributed by atoms with E-state index in [1.165, 1.54) is 13.8 Å². The van der Waals surface area contributed by atoms with Crippen molar-refractivity contribution in [2.24, 2.45) is 22.7 Å². The van der Waals surface area contributed by atoms with Gasteiger partial charge in [-0.2, -0.15) is 0 Å². The number of esters is 2. The largest absolute Gasteiger partial charge is 0.455 e. The summed E-state index contributed by atoms with van der Waals surface area (Å²) in [6.07, 6.45) is -6.75. The first kappa shape index (κ1) is 27.2. The van der Waals surface area contributed by atoms with Gasteiger partial charge in [-0.3, -0.25) is 9.59 Å². The van der Waals surface area contributed by atoms with Gasteiger partial charge in [0.25, 0.3) is 0 Å². The van der Waals surface area contributed by atoms with Crippen molar-refractivity contribution in [1.29, 1.82) is 0 Å². The summed E-state index contributed by atoms with van der Waals surface area (Å²) in [5.74, 6) is -4.39. The van der Waals surface area contributed by atoms with E-state index in [9.17, 15) is 34.8 Å². The van der Waals surface area contributed by atoms with Crippen molar-refractivity contribution in [2.45, 2.75) is 88.7 Å². The number of Topliss-reactive ketones (excluding diaryl/α,β-unsaturated/α-hetero) is 1. The first-order valence-corrected chi connectivity index (χ1v) is 13.1. The quantitative estimate of drug-likeness (QED) is 0.410. The summed E-state index contributed by atoms with van der Waals surface area (Å²) >= 11 is 0. The molecule has 10 heteroatoms. The molecule has 1 aromatic rings. The van der Waals surface area contributed by atoms with E-state index in [0.29, 0.717) is 0 Å². The number of carbonyl (C=O) groups excluding carboxylic acids is 3. The Bertz CT molecular complexity index is 1140. The summed E-state index contributed by atoms with van der Waals surface area (Å²) in [4.78, 5) is 40.1. The van der Waals surface area contributed by atoms with Crippen LogP contribution < -0.4 is 0 Å². The van der Waals surface area contributed by atoms with Crippen LogP contribution >= 0.6 is 0 Å². The fraction of sp³-hybridized carbons (Fsp3) is 0.679. The zero-order valence-corrected chi connectivity index (χ0v) is 22.0. The molecule has 0 amide bonds. The number of aliphatic hydroxyl groups excluding tert-OH is 3. The normalized spacial score (nSPS) is 45.4. The number of benzene rings is 1. The fourth-order valence-corrected chi connectivity index (χ4v) is 7.72. The molecule has 3 saturated carbocycles. The molecular formula is C28H36O10. The summed E-state index contributed by atoms with van der Waals surface area (Å²) in [5.41, 5.74) is -6.36. The second-order valence-electron chi connectivity index (χ2n) is 12.2. The molecule has 4 N–H and O–H groups in total. The zero-order chi connectivity index (χ0) is 27.8. The van der Waals surface area contributed by atoms with Crippen LogP contribution in [0.2, 0.25) is 0 Å². The zero-order valence-electron chi connectivity index (χ0n) is 22.0. The first-order chi connectivity index (χ1) is 17.7. The van der Waals surface area contributed by atoms with Gasteiger partial charge in [-0.05, 0) is 25.5 Å². The molecule has 38 heavy (non-hydrogen) atoms. The molecule has 1 aromatic carbocycles. The second-order valence-corrected chi connectivity index (χ2v) is 12.2. The van der Waals surface area contributed by atoms with E-state index in [4.69, 9.17) is 14.2 Å². The standard InChI is InChI=1S/C28H36O10/c1-14(29)38-27-13-36-19(27)11-18(31)26(4)21(27)23(37-24(34)15-8-6-5-7-9-15)28(35)12-16(30)10-17(25(28,2)3)20(32)22(26)33/h5-9,16-21,23,30-32,35H,10-13H2,1-4H3/t16-,17?,18+,19-,20-,21+,23+,26-,27+,28-/m1/s1. The highest BCUT2D eigenvalue weighted by atomic mass is 16.6. The number of hydrogen-bond acceptors (Lipinski definition) is 10. The van der Waals surface area contributed by atoms with Crippen molar-refractivity contribution in [3.05, 3.63) is 35.9 Å². The molecule has 1 heterocycles. The first-order valence-electron chi connectivity index (χ1n) is 13.1. The van der Waals surface area contributed by atoms with Crippen LogP contribution in [0.5, 0.6) is 0 Å². The maximum absolute atomic E-state index is 14.2. The third-order valence-corrected chi connectivity index (χ3v) is 10.0. The van der Waals surface area contributed by atoms with Gasteiger partial charge in [0, 0.05) is 31.1 Å². The summed E-state index contributed by atoms with van der Waals surface area (Å²) in [5, 5.41) is 46.3. The average Bonchev–Trinajstić information content (AvgIpc) is 2.85. The van der Waals surface area contributed by atoms with E-state index in [2.05, 4.69) is 0 Å². The van der Waals surface area contributed by atoms with Crippen LogP contribution in [0.1, 0.15) is 57.3 Å². The van der Waals surface area contributed by atoms with Crippen LogP contribution in [0.3, 0.4) is 0 Å². The Labute approximate surface area is 220 Å². The average molecular weight is 533 g/mol. The number of carbonyl (C=O) groups is 3. The van der Waals surface area contributed by atoms with Gasteiger partial charge in [-0.25, -0.2) is 4.79 Å². The van der Waals surface area contributed by atoms with Crippen molar-refractivity contribution < 1.29 is 49.0 Å². The number of rotatable bonds is 3. The third-order valence-electron chi connectivity index (χ3n) is 10.0. The van der Waals surface area contributed by atoms with Crippen LogP contribution in [0.15, 0.2) is 30.3 Å². The maximum Gasteiger partial charge on any atom is 0.338 e. The van der Waals surface area contributed by atoms with E-state index in [1.807, 2.05) is 0 Å². The van der Waals surface area contributed by atoms with Gasteiger partial charge < -0.3 is 34.6 Å². The lowest BCUT2D eigenvalue weighted by Crippen LogP contribution is -2.82. The number of ether oxygens (including phenoxy) is 3. The molecule has 0 radical (unpaired) electrons. The predicted octanol–water partition coefficient (Wildman–Crippen LogP) is 0.772. The summed E-state index contributed by atoms with van der Waals surface area (Å²) in [7, 11) is 0. The van der Waals surface area contributed by atoms with Gasteiger partial charge >= 0.3 is 11.9 Å². The van der Waals surface area contributed by atoms with Gasteiger partial charge in [-0.1, -0.05) is 32.0 Å². The molecule has 4 aliphatic rings. The van der Waals surface area contributed by atoms with Crippen molar-refractivity contribution in [1.82, 2.24) is 0 Å². The molecule has 5 rings (SSSR count). The Hall–Kier alpha value is -2.37. The van der Waals surface area contributed by atoms with E-state index in [0.717, 1.165) is 0 Å². The lowest BCUT2D eigenvalue weighted by molar-refractivity contribution is -0.353. The number of hydrogen-bond donors (Lipinski definition) is 4. The van der Waals surface area contributed by atoms with Crippen LogP contribution in [0.25, 0.3) is 0 Å². The molecule has 10 atom stereocenters. The number of ketones is 1. The van der Waals surface area contributed by atoms with Crippen LogP contribution in [-0.2, 0) is 23.8 Å². The summed E-state index contributed by atoms with van der Waals surface area (Å²) in [6, 6.07) is 8.11. The fourth-order valence-electron chi connectivity index (χ4n) is 7.72. The monoisotopic (exact) mass is 532 g/mol.